The number of aliphatic hydroxyl groups is 1. The summed E-state index contributed by atoms with van der Waals surface area (Å²) in [6.45, 7) is 15.8. The van der Waals surface area contributed by atoms with Crippen LogP contribution in [0.4, 0.5) is 11.4 Å². The molecule has 3 amide bonds. The van der Waals surface area contributed by atoms with E-state index in [-0.39, 0.29) is 44.0 Å². The van der Waals surface area contributed by atoms with E-state index in [1.54, 1.807) is 35.3 Å². The standard InChI is InChI=1S/C35H42ClN3O6/c1-7-17-37(24-13-15-25(16-14-24)44-9-3)31(41)27-28-32(42)39(19-20-40)30(35(28)21-23(5)34(27,6)45-35)33(43)38(18-8-2)29-22(4)11-10-12-26(29)36/h7-8,10-16,23,27-28,30,40H,1-2,9,17-21H2,3-6H3/t23?,27-,28+,30?,34+,35?/m1/s1. The number of likely N-dealkylation sites (tertiary alicyclic amines) is 1. The Morgan fingerprint density at radius 3 is 2.40 bits per heavy atom. The number of amides is 3. The van der Waals surface area contributed by atoms with Crippen LogP contribution >= 0.6 is 11.6 Å². The number of β-amino-alcohol motifs (C(OH)–C–C–N with tert-alkyl or cyclic N) is 1. The summed E-state index contributed by atoms with van der Waals surface area (Å²) in [5, 5.41) is 10.5. The first-order chi connectivity index (χ1) is 21.5. The molecule has 45 heavy (non-hydrogen) atoms. The Morgan fingerprint density at radius 1 is 1.13 bits per heavy atom. The summed E-state index contributed by atoms with van der Waals surface area (Å²) in [5.74, 6) is -2.34. The van der Waals surface area contributed by atoms with Gasteiger partial charge in [-0.1, -0.05) is 42.8 Å². The number of halogens is 1. The molecule has 0 saturated carbocycles. The molecule has 2 aromatic carbocycles. The van der Waals surface area contributed by atoms with Gasteiger partial charge in [0.05, 0.1) is 41.4 Å². The number of hydrogen-bond donors (Lipinski definition) is 1. The molecule has 3 unspecified atom stereocenters. The largest absolute Gasteiger partial charge is 0.494 e. The highest BCUT2D eigenvalue weighted by Crippen LogP contribution is 2.65. The molecule has 2 aromatic rings. The average molecular weight is 636 g/mol. The molecule has 0 radical (unpaired) electrons. The molecule has 3 heterocycles. The number of para-hydroxylation sites is 1. The number of anilines is 2. The lowest BCUT2D eigenvalue weighted by Crippen LogP contribution is -2.57. The molecule has 6 atom stereocenters. The molecule has 9 nitrogen and oxygen atoms in total. The molecule has 0 aliphatic carbocycles. The van der Waals surface area contributed by atoms with Crippen LogP contribution in [0.2, 0.25) is 5.02 Å². The van der Waals surface area contributed by atoms with Crippen LogP contribution in [-0.4, -0.2) is 77.8 Å². The van der Waals surface area contributed by atoms with Gasteiger partial charge in [-0.3, -0.25) is 14.4 Å². The van der Waals surface area contributed by atoms with Gasteiger partial charge in [0.1, 0.15) is 17.4 Å². The summed E-state index contributed by atoms with van der Waals surface area (Å²) >= 11 is 6.64. The van der Waals surface area contributed by atoms with Gasteiger partial charge in [-0.25, -0.2) is 0 Å². The van der Waals surface area contributed by atoms with Crippen molar-refractivity contribution in [2.45, 2.75) is 51.4 Å². The second kappa shape index (κ2) is 12.6. The molecule has 3 fully saturated rings. The quantitative estimate of drug-likeness (QED) is 0.337. The fourth-order valence-corrected chi connectivity index (χ4v) is 8.11. The Bertz CT molecular complexity index is 1480. The van der Waals surface area contributed by atoms with E-state index >= 15 is 0 Å². The zero-order valence-electron chi connectivity index (χ0n) is 26.4. The summed E-state index contributed by atoms with van der Waals surface area (Å²) in [7, 11) is 0. The number of nitrogens with zero attached hydrogens (tertiary/aromatic N) is 3. The summed E-state index contributed by atoms with van der Waals surface area (Å²) in [6.07, 6.45) is 3.65. The Labute approximate surface area is 270 Å². The lowest BCUT2D eigenvalue weighted by atomic mass is 9.62. The van der Waals surface area contributed by atoms with E-state index in [1.165, 1.54) is 9.80 Å². The maximum absolute atomic E-state index is 14.8. The zero-order chi connectivity index (χ0) is 32.7. The van der Waals surface area contributed by atoms with E-state index < -0.39 is 35.0 Å². The third-order valence-corrected chi connectivity index (χ3v) is 10.0. The minimum absolute atomic E-state index is 0.0818. The van der Waals surface area contributed by atoms with Crippen LogP contribution in [0.15, 0.2) is 67.8 Å². The number of hydrogen-bond acceptors (Lipinski definition) is 6. The van der Waals surface area contributed by atoms with E-state index in [4.69, 9.17) is 21.1 Å². The second-order valence-corrected chi connectivity index (χ2v) is 12.7. The predicted octanol–water partition coefficient (Wildman–Crippen LogP) is 4.79. The maximum Gasteiger partial charge on any atom is 0.253 e. The molecule has 0 aromatic heterocycles. The molecule has 3 saturated heterocycles. The summed E-state index contributed by atoms with van der Waals surface area (Å²) in [6, 6.07) is 11.5. The number of fused-ring (bicyclic) bond motifs is 1. The molecule has 2 bridgehead atoms. The normalized spacial score (nSPS) is 28.1. The van der Waals surface area contributed by atoms with Crippen LogP contribution < -0.4 is 14.5 Å². The van der Waals surface area contributed by atoms with Gasteiger partial charge in [0.15, 0.2) is 0 Å². The van der Waals surface area contributed by atoms with Crippen LogP contribution in [0, 0.1) is 24.7 Å². The number of carbonyl (C=O) groups excluding carboxylic acids is 3. The first kappa shape index (κ1) is 32.7. The van der Waals surface area contributed by atoms with E-state index in [0.29, 0.717) is 35.2 Å². The highest BCUT2D eigenvalue weighted by molar-refractivity contribution is 6.34. The Kier molecular flexibility index (Phi) is 9.18. The minimum Gasteiger partial charge on any atom is -0.494 e. The first-order valence-corrected chi connectivity index (χ1v) is 15.8. The number of ether oxygens (including phenoxy) is 2. The smallest absolute Gasteiger partial charge is 0.253 e. The number of carbonyl (C=O) groups is 3. The van der Waals surface area contributed by atoms with Crippen molar-refractivity contribution >= 4 is 40.7 Å². The van der Waals surface area contributed by atoms with Crippen LogP contribution in [0.1, 0.15) is 32.8 Å². The molecule has 3 aliphatic heterocycles. The van der Waals surface area contributed by atoms with Gasteiger partial charge in [-0.05, 0) is 69.0 Å². The molecule has 240 valence electrons. The van der Waals surface area contributed by atoms with E-state index in [1.807, 2.05) is 52.0 Å². The van der Waals surface area contributed by atoms with Crippen LogP contribution in [0.3, 0.4) is 0 Å². The number of aryl methyl sites for hydroxylation is 1. The Hall–Kier alpha value is -3.66. The fraction of sp³-hybridized carbons (Fsp3) is 0.457. The third kappa shape index (κ3) is 5.15. The topological polar surface area (TPSA) is 99.6 Å². The molecule has 1 spiro atoms. The van der Waals surface area contributed by atoms with Crippen molar-refractivity contribution in [1.29, 1.82) is 0 Å². The Morgan fingerprint density at radius 2 is 1.80 bits per heavy atom. The molecule has 1 N–H and O–H groups in total. The van der Waals surface area contributed by atoms with Crippen LogP contribution in [-0.2, 0) is 19.1 Å². The third-order valence-electron chi connectivity index (χ3n) is 9.73. The minimum atomic E-state index is -1.29. The van der Waals surface area contributed by atoms with E-state index in [0.717, 1.165) is 5.56 Å². The number of aliphatic hydroxyl groups excluding tert-OH is 1. The Balaban J connectivity index is 1.60. The predicted molar refractivity (Wildman–Crippen MR) is 174 cm³/mol. The van der Waals surface area contributed by atoms with Crippen molar-refractivity contribution in [3.05, 3.63) is 78.4 Å². The SMILES string of the molecule is C=CCN(C(=O)[C@H]1[C@H]2C(=O)N(CCO)C(C(=O)N(CC=C)c3c(C)cccc3Cl)C23CC(C)[C@]1(C)O3)c1ccc(OCC)cc1. The fourth-order valence-electron chi connectivity index (χ4n) is 7.78. The van der Waals surface area contributed by atoms with Gasteiger partial charge in [0.2, 0.25) is 11.8 Å². The van der Waals surface area contributed by atoms with Crippen molar-refractivity contribution < 1.29 is 29.0 Å². The zero-order valence-corrected chi connectivity index (χ0v) is 27.1. The highest BCUT2D eigenvalue weighted by atomic mass is 35.5. The van der Waals surface area contributed by atoms with Crippen LogP contribution in [0.5, 0.6) is 5.75 Å². The van der Waals surface area contributed by atoms with E-state index in [2.05, 4.69) is 13.2 Å². The monoisotopic (exact) mass is 635 g/mol. The summed E-state index contributed by atoms with van der Waals surface area (Å²) in [5.41, 5.74) is -0.369. The number of rotatable bonds is 12. The number of benzene rings is 2. The van der Waals surface area contributed by atoms with Crippen molar-refractivity contribution in [2.24, 2.45) is 17.8 Å². The average Bonchev–Trinajstić information content (AvgIpc) is 3.52. The van der Waals surface area contributed by atoms with Crippen molar-refractivity contribution in [1.82, 2.24) is 4.90 Å². The van der Waals surface area contributed by atoms with Gasteiger partial charge >= 0.3 is 0 Å². The lowest BCUT2D eigenvalue weighted by Gasteiger charge is -2.39. The first-order valence-electron chi connectivity index (χ1n) is 15.4. The lowest BCUT2D eigenvalue weighted by molar-refractivity contribution is -0.146. The molecule has 10 heteroatoms. The maximum atomic E-state index is 14.8. The van der Waals surface area contributed by atoms with Crippen molar-refractivity contribution in [3.63, 3.8) is 0 Å². The van der Waals surface area contributed by atoms with Crippen LogP contribution in [0.25, 0.3) is 0 Å². The highest BCUT2D eigenvalue weighted by Gasteiger charge is 2.80. The molecular formula is C35H42ClN3O6. The van der Waals surface area contributed by atoms with E-state index in [9.17, 15) is 19.5 Å². The van der Waals surface area contributed by atoms with Crippen molar-refractivity contribution in [3.8, 4) is 5.75 Å². The second-order valence-electron chi connectivity index (χ2n) is 12.3. The van der Waals surface area contributed by atoms with Gasteiger partial charge in [-0.2, -0.15) is 0 Å². The summed E-state index contributed by atoms with van der Waals surface area (Å²) < 4.78 is 12.5. The molecule has 3 aliphatic rings. The molecular weight excluding hydrogens is 594 g/mol. The van der Waals surface area contributed by atoms with Gasteiger partial charge in [0, 0.05) is 25.3 Å². The summed E-state index contributed by atoms with van der Waals surface area (Å²) in [4.78, 5) is 48.4. The van der Waals surface area contributed by atoms with Gasteiger partial charge in [-0.15, -0.1) is 13.2 Å². The van der Waals surface area contributed by atoms with Gasteiger partial charge < -0.3 is 29.3 Å². The van der Waals surface area contributed by atoms with Gasteiger partial charge in [0.25, 0.3) is 5.91 Å². The van der Waals surface area contributed by atoms with Crippen molar-refractivity contribution in [2.75, 3.05) is 42.6 Å². The molecule has 5 rings (SSSR count).